The van der Waals surface area contributed by atoms with Crippen molar-refractivity contribution in [3.05, 3.63) is 18.6 Å². The van der Waals surface area contributed by atoms with Crippen molar-refractivity contribution >= 4 is 16.9 Å². The number of aryl methyl sites for hydroxylation is 1. The molecule has 20 heavy (non-hydrogen) atoms. The van der Waals surface area contributed by atoms with Gasteiger partial charge in [-0.25, -0.2) is 9.97 Å². The molecule has 0 aliphatic heterocycles. The SMILES string of the molecule is Cn1cnc2c(NCC3(CO)CCCCC3)nccc21. The van der Waals surface area contributed by atoms with Crippen molar-refractivity contribution in [1.82, 2.24) is 14.5 Å². The molecule has 0 aromatic carbocycles. The zero-order valence-electron chi connectivity index (χ0n) is 12.0. The van der Waals surface area contributed by atoms with Crippen LogP contribution in [0.4, 0.5) is 5.82 Å². The van der Waals surface area contributed by atoms with Crippen LogP contribution in [0.2, 0.25) is 0 Å². The molecule has 1 fully saturated rings. The second-order valence-corrected chi connectivity index (χ2v) is 5.96. The molecular weight excluding hydrogens is 252 g/mol. The Balaban J connectivity index is 1.79. The van der Waals surface area contributed by atoms with E-state index in [2.05, 4.69) is 15.3 Å². The molecule has 2 aromatic rings. The zero-order valence-corrected chi connectivity index (χ0v) is 12.0. The van der Waals surface area contributed by atoms with E-state index in [0.717, 1.165) is 36.2 Å². The smallest absolute Gasteiger partial charge is 0.154 e. The van der Waals surface area contributed by atoms with Crippen molar-refractivity contribution in [2.24, 2.45) is 12.5 Å². The summed E-state index contributed by atoms with van der Waals surface area (Å²) in [5, 5.41) is 13.2. The summed E-state index contributed by atoms with van der Waals surface area (Å²) in [4.78, 5) is 8.81. The number of pyridine rings is 1. The number of rotatable bonds is 4. The maximum atomic E-state index is 9.76. The molecule has 0 amide bonds. The maximum absolute atomic E-state index is 9.76. The van der Waals surface area contributed by atoms with Crippen LogP contribution in [0, 0.1) is 5.41 Å². The molecule has 0 unspecified atom stereocenters. The van der Waals surface area contributed by atoms with Crippen LogP contribution in [0.25, 0.3) is 11.0 Å². The van der Waals surface area contributed by atoms with Crippen LogP contribution in [0.3, 0.4) is 0 Å². The highest BCUT2D eigenvalue weighted by Crippen LogP contribution is 2.36. The number of aromatic nitrogens is 3. The molecule has 5 heteroatoms. The van der Waals surface area contributed by atoms with E-state index in [0.29, 0.717) is 0 Å². The molecule has 0 saturated heterocycles. The number of aliphatic hydroxyl groups excluding tert-OH is 1. The van der Waals surface area contributed by atoms with E-state index in [1.54, 1.807) is 12.5 Å². The maximum Gasteiger partial charge on any atom is 0.154 e. The minimum atomic E-state index is 0.0108. The van der Waals surface area contributed by atoms with Crippen LogP contribution < -0.4 is 5.32 Å². The summed E-state index contributed by atoms with van der Waals surface area (Å²) < 4.78 is 1.99. The first-order chi connectivity index (χ1) is 9.74. The Bertz CT molecular complexity index is 587. The van der Waals surface area contributed by atoms with Gasteiger partial charge in [-0.3, -0.25) is 0 Å². The van der Waals surface area contributed by atoms with E-state index in [1.165, 1.54) is 19.3 Å². The second-order valence-electron chi connectivity index (χ2n) is 5.96. The van der Waals surface area contributed by atoms with Gasteiger partial charge in [0.05, 0.1) is 18.5 Å². The number of imidazole rings is 1. The Morgan fingerprint density at radius 2 is 2.10 bits per heavy atom. The molecular formula is C15H22N4O. The van der Waals surface area contributed by atoms with Gasteiger partial charge in [0.2, 0.25) is 0 Å². The number of nitrogens with one attached hydrogen (secondary N) is 1. The molecule has 2 N–H and O–H groups in total. The molecule has 0 radical (unpaired) electrons. The molecule has 2 aromatic heterocycles. The first-order valence-corrected chi connectivity index (χ1v) is 7.35. The second kappa shape index (κ2) is 5.40. The zero-order chi connectivity index (χ0) is 14.0. The Morgan fingerprint density at radius 3 is 2.85 bits per heavy atom. The summed E-state index contributed by atoms with van der Waals surface area (Å²) >= 11 is 0. The Kier molecular flexibility index (Phi) is 3.61. The monoisotopic (exact) mass is 274 g/mol. The minimum Gasteiger partial charge on any atom is -0.396 e. The van der Waals surface area contributed by atoms with Crippen LogP contribution in [0.1, 0.15) is 32.1 Å². The van der Waals surface area contributed by atoms with Gasteiger partial charge in [0.1, 0.15) is 5.52 Å². The molecule has 0 bridgehead atoms. The molecule has 1 saturated carbocycles. The van der Waals surface area contributed by atoms with Crippen molar-refractivity contribution in [2.45, 2.75) is 32.1 Å². The lowest BCUT2D eigenvalue weighted by atomic mass is 9.74. The normalized spacial score (nSPS) is 18.3. The topological polar surface area (TPSA) is 63.0 Å². The van der Waals surface area contributed by atoms with E-state index >= 15 is 0 Å². The third kappa shape index (κ3) is 2.38. The van der Waals surface area contributed by atoms with Gasteiger partial charge in [0.15, 0.2) is 5.82 Å². The summed E-state index contributed by atoms with van der Waals surface area (Å²) in [5.41, 5.74) is 1.99. The fourth-order valence-corrected chi connectivity index (χ4v) is 3.16. The Morgan fingerprint density at radius 1 is 1.30 bits per heavy atom. The van der Waals surface area contributed by atoms with Crippen LogP contribution in [-0.4, -0.2) is 32.8 Å². The molecule has 3 rings (SSSR count). The molecule has 5 nitrogen and oxygen atoms in total. The molecule has 1 aliphatic carbocycles. The summed E-state index contributed by atoms with van der Waals surface area (Å²) in [5.74, 6) is 0.821. The Labute approximate surface area is 119 Å². The largest absolute Gasteiger partial charge is 0.396 e. The van der Waals surface area contributed by atoms with Gasteiger partial charge in [-0.2, -0.15) is 0 Å². The lowest BCUT2D eigenvalue weighted by molar-refractivity contribution is 0.0943. The number of hydrogen-bond donors (Lipinski definition) is 2. The van der Waals surface area contributed by atoms with Gasteiger partial charge in [0, 0.05) is 25.2 Å². The van der Waals surface area contributed by atoms with Gasteiger partial charge in [-0.15, -0.1) is 0 Å². The van der Waals surface area contributed by atoms with Gasteiger partial charge in [0.25, 0.3) is 0 Å². The average Bonchev–Trinajstić information content (AvgIpc) is 2.88. The summed E-state index contributed by atoms with van der Waals surface area (Å²) in [6.07, 6.45) is 9.50. The highest BCUT2D eigenvalue weighted by molar-refractivity contribution is 5.85. The highest BCUT2D eigenvalue weighted by Gasteiger charge is 2.31. The summed E-state index contributed by atoms with van der Waals surface area (Å²) in [7, 11) is 1.98. The third-order valence-corrected chi connectivity index (χ3v) is 4.52. The van der Waals surface area contributed by atoms with Crippen molar-refractivity contribution in [3.63, 3.8) is 0 Å². The quantitative estimate of drug-likeness (QED) is 0.898. The van der Waals surface area contributed by atoms with E-state index in [1.807, 2.05) is 17.7 Å². The number of nitrogens with zero attached hydrogens (tertiary/aromatic N) is 3. The summed E-state index contributed by atoms with van der Waals surface area (Å²) in [6.45, 7) is 1.02. The molecule has 0 atom stereocenters. The van der Waals surface area contributed by atoms with Gasteiger partial charge in [-0.05, 0) is 18.9 Å². The predicted octanol–water partition coefficient (Wildman–Crippen LogP) is 2.32. The lowest BCUT2D eigenvalue weighted by Gasteiger charge is -2.35. The first kappa shape index (κ1) is 13.4. The van der Waals surface area contributed by atoms with Crippen LogP contribution >= 0.6 is 0 Å². The third-order valence-electron chi connectivity index (χ3n) is 4.52. The van der Waals surface area contributed by atoms with Gasteiger partial charge >= 0.3 is 0 Å². The van der Waals surface area contributed by atoms with Gasteiger partial charge in [-0.1, -0.05) is 19.3 Å². The molecule has 108 valence electrons. The number of aliphatic hydroxyl groups is 1. The fraction of sp³-hybridized carbons (Fsp3) is 0.600. The minimum absolute atomic E-state index is 0.0108. The summed E-state index contributed by atoms with van der Waals surface area (Å²) in [6, 6.07) is 1.97. The Hall–Kier alpha value is -1.62. The predicted molar refractivity (Wildman–Crippen MR) is 79.6 cm³/mol. The van der Waals surface area contributed by atoms with Crippen LogP contribution in [0.5, 0.6) is 0 Å². The molecule has 2 heterocycles. The van der Waals surface area contributed by atoms with E-state index < -0.39 is 0 Å². The van der Waals surface area contributed by atoms with Crippen molar-refractivity contribution in [3.8, 4) is 0 Å². The number of fused-ring (bicyclic) bond motifs is 1. The molecule has 1 aliphatic rings. The fourth-order valence-electron chi connectivity index (χ4n) is 3.16. The van der Waals surface area contributed by atoms with Crippen molar-refractivity contribution < 1.29 is 5.11 Å². The molecule has 0 spiro atoms. The van der Waals surface area contributed by atoms with E-state index in [9.17, 15) is 5.11 Å². The van der Waals surface area contributed by atoms with E-state index in [4.69, 9.17) is 0 Å². The van der Waals surface area contributed by atoms with Gasteiger partial charge < -0.3 is 15.0 Å². The van der Waals surface area contributed by atoms with Crippen LogP contribution in [0.15, 0.2) is 18.6 Å². The van der Waals surface area contributed by atoms with Crippen molar-refractivity contribution in [2.75, 3.05) is 18.5 Å². The first-order valence-electron chi connectivity index (χ1n) is 7.35. The lowest BCUT2D eigenvalue weighted by Crippen LogP contribution is -2.35. The van der Waals surface area contributed by atoms with Crippen LogP contribution in [-0.2, 0) is 7.05 Å². The average molecular weight is 274 g/mol. The highest BCUT2D eigenvalue weighted by atomic mass is 16.3. The standard InChI is InChI=1S/C15H22N4O/c1-19-11-18-13-12(19)5-8-16-14(13)17-9-15(10-20)6-3-2-4-7-15/h5,8,11,20H,2-4,6-7,9-10H2,1H3,(H,16,17). The van der Waals surface area contributed by atoms with E-state index in [-0.39, 0.29) is 12.0 Å². The van der Waals surface area contributed by atoms with Crippen molar-refractivity contribution in [1.29, 1.82) is 0 Å². The number of hydrogen-bond acceptors (Lipinski definition) is 4. The number of anilines is 1.